The highest BCUT2D eigenvalue weighted by Crippen LogP contribution is 2.43. The Balaban J connectivity index is 1.12. The minimum atomic E-state index is 0.563. The summed E-state index contributed by atoms with van der Waals surface area (Å²) in [6.45, 7) is 0. The summed E-state index contributed by atoms with van der Waals surface area (Å²) in [6.07, 6.45) is 0. The van der Waals surface area contributed by atoms with Crippen molar-refractivity contribution in [3.8, 4) is 51.0 Å². The van der Waals surface area contributed by atoms with E-state index >= 15 is 0 Å². The van der Waals surface area contributed by atoms with Gasteiger partial charge in [-0.05, 0) is 52.6 Å². The number of fused-ring (bicyclic) bond motifs is 10. The Labute approximate surface area is 330 Å². The smallest absolute Gasteiger partial charge is 0.238 e. The zero-order valence-corrected chi connectivity index (χ0v) is 31.2. The molecule has 12 rings (SSSR count). The van der Waals surface area contributed by atoms with Crippen LogP contribution < -0.4 is 0 Å². The molecule has 266 valence electrons. The van der Waals surface area contributed by atoms with Crippen molar-refractivity contribution in [2.45, 2.75) is 0 Å². The van der Waals surface area contributed by atoms with Crippen molar-refractivity contribution in [2.24, 2.45) is 0 Å². The molecular formula is C51H30N4OS. The average Bonchev–Trinajstić information content (AvgIpc) is 3.96. The third-order valence-electron chi connectivity index (χ3n) is 11.1. The number of thiophene rings is 1. The first-order valence-electron chi connectivity index (χ1n) is 19.0. The van der Waals surface area contributed by atoms with Gasteiger partial charge in [-0.3, -0.25) is 4.57 Å². The van der Waals surface area contributed by atoms with Gasteiger partial charge in [0.2, 0.25) is 5.95 Å². The van der Waals surface area contributed by atoms with E-state index < -0.39 is 0 Å². The van der Waals surface area contributed by atoms with Crippen LogP contribution in [-0.2, 0) is 0 Å². The van der Waals surface area contributed by atoms with Crippen molar-refractivity contribution in [2.75, 3.05) is 0 Å². The second-order valence-corrected chi connectivity index (χ2v) is 15.4. The Morgan fingerprint density at radius 3 is 1.93 bits per heavy atom. The Morgan fingerprint density at radius 2 is 1.05 bits per heavy atom. The molecule has 57 heavy (non-hydrogen) atoms. The summed E-state index contributed by atoms with van der Waals surface area (Å²) in [4.78, 5) is 16.1. The molecule has 0 atom stereocenters. The zero-order chi connectivity index (χ0) is 37.5. The minimum absolute atomic E-state index is 0.563. The molecule has 0 saturated heterocycles. The molecule has 0 amide bonds. The van der Waals surface area contributed by atoms with Crippen LogP contribution in [0.5, 0.6) is 0 Å². The van der Waals surface area contributed by atoms with Crippen molar-refractivity contribution >= 4 is 75.3 Å². The topological polar surface area (TPSA) is 56.7 Å². The summed E-state index contributed by atoms with van der Waals surface area (Å²) in [7, 11) is 0. The molecule has 8 aromatic carbocycles. The Hall–Kier alpha value is -7.41. The maximum absolute atomic E-state index is 6.35. The summed E-state index contributed by atoms with van der Waals surface area (Å²) in [6, 6.07) is 63.7. The van der Waals surface area contributed by atoms with Gasteiger partial charge < -0.3 is 4.42 Å². The third-order valence-corrected chi connectivity index (χ3v) is 12.3. The van der Waals surface area contributed by atoms with E-state index in [9.17, 15) is 0 Å². The number of hydrogen-bond donors (Lipinski definition) is 0. The molecule has 0 radical (unpaired) electrons. The molecule has 12 aromatic rings. The molecule has 0 spiro atoms. The van der Waals surface area contributed by atoms with Crippen molar-refractivity contribution in [1.82, 2.24) is 19.5 Å². The van der Waals surface area contributed by atoms with Gasteiger partial charge in [0, 0.05) is 48.1 Å². The van der Waals surface area contributed by atoms with Gasteiger partial charge in [-0.15, -0.1) is 11.3 Å². The lowest BCUT2D eigenvalue weighted by atomic mass is 9.99. The molecule has 0 bridgehead atoms. The van der Waals surface area contributed by atoms with Crippen LogP contribution in [0.3, 0.4) is 0 Å². The van der Waals surface area contributed by atoms with Gasteiger partial charge in [0.15, 0.2) is 11.6 Å². The van der Waals surface area contributed by atoms with E-state index in [4.69, 9.17) is 19.4 Å². The number of rotatable bonds is 5. The zero-order valence-electron chi connectivity index (χ0n) is 30.4. The molecule has 4 heterocycles. The normalized spacial score (nSPS) is 11.9. The molecule has 0 aliphatic heterocycles. The summed E-state index contributed by atoms with van der Waals surface area (Å²) in [5.41, 5.74) is 10.1. The van der Waals surface area contributed by atoms with Gasteiger partial charge in [0.1, 0.15) is 11.2 Å². The largest absolute Gasteiger partial charge is 0.456 e. The fourth-order valence-electron chi connectivity index (χ4n) is 8.44. The summed E-state index contributed by atoms with van der Waals surface area (Å²) >= 11 is 1.82. The van der Waals surface area contributed by atoms with Crippen LogP contribution in [-0.4, -0.2) is 19.5 Å². The minimum Gasteiger partial charge on any atom is -0.456 e. The van der Waals surface area contributed by atoms with E-state index in [-0.39, 0.29) is 0 Å². The molecule has 4 aromatic heterocycles. The maximum Gasteiger partial charge on any atom is 0.238 e. The molecule has 0 N–H and O–H groups in total. The molecule has 0 fully saturated rings. The molecule has 6 heteroatoms. The van der Waals surface area contributed by atoms with E-state index in [2.05, 4.69) is 150 Å². The standard InChI is InChI=1S/C51H30N4OS/c1-2-12-31(13-3-1)32-24-26-33(27-25-32)34-14-10-15-35(30-34)49-52-50(41-19-11-22-44-46(41)40-18-5-8-21-43(40)56-44)54-51(53-49)55-42-20-7-4-16-36(42)38-28-29-39-37-17-6-9-23-45(37)57-48(39)47(38)55/h1-30H. The van der Waals surface area contributed by atoms with Gasteiger partial charge in [-0.1, -0.05) is 152 Å². The van der Waals surface area contributed by atoms with Gasteiger partial charge >= 0.3 is 0 Å². The molecule has 0 unspecified atom stereocenters. The summed E-state index contributed by atoms with van der Waals surface area (Å²) in [5.74, 6) is 1.74. The number of furan rings is 1. The van der Waals surface area contributed by atoms with E-state index in [0.29, 0.717) is 17.6 Å². The maximum atomic E-state index is 6.35. The predicted octanol–water partition coefficient (Wildman–Crippen LogP) is 13.9. The molecule has 5 nitrogen and oxygen atoms in total. The van der Waals surface area contributed by atoms with Gasteiger partial charge in [-0.2, -0.15) is 9.97 Å². The van der Waals surface area contributed by atoms with Crippen molar-refractivity contribution in [1.29, 1.82) is 0 Å². The van der Waals surface area contributed by atoms with Crippen LogP contribution >= 0.6 is 11.3 Å². The number of para-hydroxylation sites is 2. The van der Waals surface area contributed by atoms with E-state index in [1.54, 1.807) is 0 Å². The first-order chi connectivity index (χ1) is 28.2. The van der Waals surface area contributed by atoms with Gasteiger partial charge in [0.25, 0.3) is 0 Å². The fourth-order valence-corrected chi connectivity index (χ4v) is 9.68. The molecular weight excluding hydrogens is 717 g/mol. The second-order valence-electron chi connectivity index (χ2n) is 14.4. The SMILES string of the molecule is c1ccc(-c2ccc(-c3cccc(-c4nc(-c5cccc6oc7ccccc7c56)nc(-n5c6ccccc6c6ccc7c8ccccc8sc7c65)n4)c3)cc2)cc1. The van der Waals surface area contributed by atoms with Crippen molar-refractivity contribution in [3.63, 3.8) is 0 Å². The number of benzene rings is 8. The quantitative estimate of drug-likeness (QED) is 0.176. The number of nitrogens with zero attached hydrogens (tertiary/aromatic N) is 4. The first kappa shape index (κ1) is 31.9. The Bertz CT molecular complexity index is 3520. The van der Waals surface area contributed by atoms with Gasteiger partial charge in [0.05, 0.1) is 15.7 Å². The van der Waals surface area contributed by atoms with E-state index in [1.165, 1.54) is 31.3 Å². The second kappa shape index (κ2) is 12.6. The van der Waals surface area contributed by atoms with Crippen LogP contribution in [0.4, 0.5) is 0 Å². The number of aromatic nitrogens is 4. The van der Waals surface area contributed by atoms with Crippen LogP contribution in [0.15, 0.2) is 186 Å². The lowest BCUT2D eigenvalue weighted by molar-refractivity contribution is 0.669. The molecule has 0 saturated carbocycles. The van der Waals surface area contributed by atoms with Crippen LogP contribution in [0.1, 0.15) is 0 Å². The monoisotopic (exact) mass is 746 g/mol. The molecule has 0 aliphatic carbocycles. The van der Waals surface area contributed by atoms with Crippen molar-refractivity contribution < 1.29 is 4.42 Å². The highest BCUT2D eigenvalue weighted by molar-refractivity contribution is 7.26. The summed E-state index contributed by atoms with van der Waals surface area (Å²) < 4.78 is 11.1. The summed E-state index contributed by atoms with van der Waals surface area (Å²) in [5, 5.41) is 6.80. The average molecular weight is 747 g/mol. The predicted molar refractivity (Wildman–Crippen MR) is 236 cm³/mol. The molecule has 0 aliphatic rings. The van der Waals surface area contributed by atoms with Crippen molar-refractivity contribution in [3.05, 3.63) is 182 Å². The Morgan fingerprint density at radius 1 is 0.421 bits per heavy atom. The van der Waals surface area contributed by atoms with Crippen LogP contribution in [0.25, 0.3) is 115 Å². The lowest BCUT2D eigenvalue weighted by Crippen LogP contribution is -2.06. The highest BCUT2D eigenvalue weighted by atomic mass is 32.1. The van der Waals surface area contributed by atoms with Gasteiger partial charge in [-0.25, -0.2) is 4.98 Å². The van der Waals surface area contributed by atoms with E-state index in [1.807, 2.05) is 47.7 Å². The lowest BCUT2D eigenvalue weighted by Gasteiger charge is -2.12. The number of hydrogen-bond acceptors (Lipinski definition) is 5. The third kappa shape index (κ3) is 5.04. The Kier molecular flexibility index (Phi) is 7.03. The van der Waals surface area contributed by atoms with E-state index in [0.717, 1.165) is 66.0 Å². The van der Waals surface area contributed by atoms with Crippen LogP contribution in [0.2, 0.25) is 0 Å². The highest BCUT2D eigenvalue weighted by Gasteiger charge is 2.22. The van der Waals surface area contributed by atoms with Crippen LogP contribution in [0, 0.1) is 0 Å². The fraction of sp³-hybridized carbons (Fsp3) is 0. The first-order valence-corrected chi connectivity index (χ1v) is 19.8.